The van der Waals surface area contributed by atoms with Gasteiger partial charge in [-0.15, -0.1) is 0 Å². The summed E-state index contributed by atoms with van der Waals surface area (Å²) < 4.78 is 12.8. The quantitative estimate of drug-likeness (QED) is 0.250. The van der Waals surface area contributed by atoms with E-state index in [4.69, 9.17) is 9.47 Å². The van der Waals surface area contributed by atoms with Gasteiger partial charge in [0, 0.05) is 4.47 Å². The molecule has 0 N–H and O–H groups in total. The molecule has 4 rings (SSSR count). The van der Waals surface area contributed by atoms with Gasteiger partial charge < -0.3 is 9.47 Å². The normalized spacial score (nSPS) is 14.7. The summed E-state index contributed by atoms with van der Waals surface area (Å²) in [6, 6.07) is 21.5. The standard InChI is InChI=1S/C29H28BrNO4S/c1-19(2)25-13-4-20(3)16-26(25)34-15-14-31-28(32)27(36-29(31)33)17-21-7-11-24(12-8-21)35-18-22-5-9-23(30)10-6-22/h4-13,16-17,19H,14-15,18H2,1-3H3/b27-17-. The van der Waals surface area contributed by atoms with Crippen LogP contribution < -0.4 is 9.47 Å². The van der Waals surface area contributed by atoms with Crippen LogP contribution in [-0.2, 0) is 11.4 Å². The van der Waals surface area contributed by atoms with Crippen LogP contribution in [0.25, 0.3) is 6.08 Å². The van der Waals surface area contributed by atoms with Gasteiger partial charge in [-0.1, -0.05) is 66.2 Å². The second-order valence-electron chi connectivity index (χ2n) is 8.86. The van der Waals surface area contributed by atoms with E-state index >= 15 is 0 Å². The fourth-order valence-corrected chi connectivity index (χ4v) is 4.87. The highest BCUT2D eigenvalue weighted by atomic mass is 79.9. The van der Waals surface area contributed by atoms with Crippen molar-refractivity contribution in [2.45, 2.75) is 33.3 Å². The summed E-state index contributed by atoms with van der Waals surface area (Å²) in [5, 5.41) is -0.280. The van der Waals surface area contributed by atoms with Crippen molar-refractivity contribution < 1.29 is 19.1 Å². The van der Waals surface area contributed by atoms with Gasteiger partial charge in [0.2, 0.25) is 0 Å². The second kappa shape index (κ2) is 11.8. The molecule has 0 saturated carbocycles. The third-order valence-electron chi connectivity index (χ3n) is 5.73. The van der Waals surface area contributed by atoms with Crippen molar-refractivity contribution in [2.24, 2.45) is 0 Å². The molecule has 3 aromatic rings. The number of thioether (sulfide) groups is 1. The Kier molecular flexibility index (Phi) is 8.54. The van der Waals surface area contributed by atoms with Gasteiger partial charge in [0.25, 0.3) is 11.1 Å². The maximum Gasteiger partial charge on any atom is 0.293 e. The first-order valence-corrected chi connectivity index (χ1v) is 13.4. The lowest BCUT2D eigenvalue weighted by atomic mass is 10.0. The van der Waals surface area contributed by atoms with E-state index in [1.54, 1.807) is 6.08 Å². The average Bonchev–Trinajstić information content (AvgIpc) is 3.12. The predicted octanol–water partition coefficient (Wildman–Crippen LogP) is 7.58. The fraction of sp³-hybridized carbons (Fsp3) is 0.241. The third-order valence-corrected chi connectivity index (χ3v) is 7.17. The number of imide groups is 1. The molecule has 0 radical (unpaired) electrons. The minimum absolute atomic E-state index is 0.205. The summed E-state index contributed by atoms with van der Waals surface area (Å²) in [5.41, 5.74) is 4.11. The molecule has 0 aromatic heterocycles. The molecular formula is C29H28BrNO4S. The molecule has 3 aromatic carbocycles. The van der Waals surface area contributed by atoms with Gasteiger partial charge in [-0.2, -0.15) is 0 Å². The summed E-state index contributed by atoms with van der Waals surface area (Å²) >= 11 is 4.38. The van der Waals surface area contributed by atoms with Crippen LogP contribution in [0.15, 0.2) is 76.1 Å². The van der Waals surface area contributed by atoms with Crippen LogP contribution in [0.4, 0.5) is 4.79 Å². The van der Waals surface area contributed by atoms with Gasteiger partial charge in [0.1, 0.15) is 24.7 Å². The summed E-state index contributed by atoms with van der Waals surface area (Å²) in [7, 11) is 0. The molecule has 7 heteroatoms. The van der Waals surface area contributed by atoms with Crippen molar-refractivity contribution in [3.8, 4) is 11.5 Å². The van der Waals surface area contributed by atoms with Crippen molar-refractivity contribution in [3.05, 3.63) is 98.4 Å². The number of nitrogens with zero attached hydrogens (tertiary/aromatic N) is 1. The zero-order chi connectivity index (χ0) is 25.7. The highest BCUT2D eigenvalue weighted by molar-refractivity contribution is 9.10. The number of aryl methyl sites for hydroxylation is 1. The molecule has 0 atom stereocenters. The van der Waals surface area contributed by atoms with Crippen molar-refractivity contribution in [3.63, 3.8) is 0 Å². The molecule has 1 aliphatic heterocycles. The molecular weight excluding hydrogens is 538 g/mol. The monoisotopic (exact) mass is 565 g/mol. The Morgan fingerprint density at radius 3 is 2.39 bits per heavy atom. The number of hydrogen-bond donors (Lipinski definition) is 0. The van der Waals surface area contributed by atoms with Crippen LogP contribution in [0.1, 0.15) is 42.0 Å². The SMILES string of the molecule is Cc1ccc(C(C)C)c(OCCN2C(=O)S/C(=C\c3ccc(OCc4ccc(Br)cc4)cc3)C2=O)c1. The number of amides is 2. The molecule has 1 saturated heterocycles. The molecule has 1 heterocycles. The molecule has 1 fully saturated rings. The fourth-order valence-electron chi connectivity index (χ4n) is 3.74. The number of hydrogen-bond acceptors (Lipinski definition) is 5. The minimum atomic E-state index is -0.294. The number of benzene rings is 3. The topological polar surface area (TPSA) is 55.8 Å². The summed E-state index contributed by atoms with van der Waals surface area (Å²) in [6.45, 7) is 7.16. The van der Waals surface area contributed by atoms with Gasteiger partial charge in [0.15, 0.2) is 0 Å². The molecule has 186 valence electrons. The number of carbonyl (C=O) groups excluding carboxylic acids is 2. The molecule has 36 heavy (non-hydrogen) atoms. The van der Waals surface area contributed by atoms with E-state index in [0.29, 0.717) is 17.4 Å². The maximum atomic E-state index is 12.9. The molecule has 0 spiro atoms. The van der Waals surface area contributed by atoms with Crippen LogP contribution >= 0.6 is 27.7 Å². The number of carbonyl (C=O) groups is 2. The van der Waals surface area contributed by atoms with Crippen molar-refractivity contribution in [1.29, 1.82) is 0 Å². The molecule has 5 nitrogen and oxygen atoms in total. The van der Waals surface area contributed by atoms with Gasteiger partial charge in [0.05, 0.1) is 11.4 Å². The van der Waals surface area contributed by atoms with Crippen LogP contribution in [0.3, 0.4) is 0 Å². The Hall–Kier alpha value is -3.03. The van der Waals surface area contributed by atoms with Crippen LogP contribution in [0.5, 0.6) is 11.5 Å². The molecule has 0 bridgehead atoms. The highest BCUT2D eigenvalue weighted by Gasteiger charge is 2.34. The summed E-state index contributed by atoms with van der Waals surface area (Å²) in [5.74, 6) is 1.56. The van der Waals surface area contributed by atoms with E-state index in [9.17, 15) is 9.59 Å². The first-order chi connectivity index (χ1) is 17.3. The molecule has 0 aliphatic carbocycles. The predicted molar refractivity (Wildman–Crippen MR) is 148 cm³/mol. The Labute approximate surface area is 224 Å². The molecule has 2 amide bonds. The van der Waals surface area contributed by atoms with Crippen LogP contribution in [0.2, 0.25) is 0 Å². The smallest absolute Gasteiger partial charge is 0.293 e. The molecule has 0 unspecified atom stereocenters. The Morgan fingerprint density at radius 1 is 0.972 bits per heavy atom. The highest BCUT2D eigenvalue weighted by Crippen LogP contribution is 2.33. The lowest BCUT2D eigenvalue weighted by Gasteiger charge is -2.17. The van der Waals surface area contributed by atoms with Crippen LogP contribution in [0, 0.1) is 6.92 Å². The number of ether oxygens (including phenoxy) is 2. The van der Waals surface area contributed by atoms with E-state index in [0.717, 1.165) is 50.0 Å². The lowest BCUT2D eigenvalue weighted by Crippen LogP contribution is -2.32. The van der Waals surface area contributed by atoms with Crippen LogP contribution in [-0.4, -0.2) is 29.2 Å². The zero-order valence-electron chi connectivity index (χ0n) is 20.5. The van der Waals surface area contributed by atoms with E-state index < -0.39 is 0 Å². The summed E-state index contributed by atoms with van der Waals surface area (Å²) in [6.07, 6.45) is 1.74. The largest absolute Gasteiger partial charge is 0.491 e. The van der Waals surface area contributed by atoms with Gasteiger partial charge in [-0.3, -0.25) is 14.5 Å². The Balaban J connectivity index is 1.34. The lowest BCUT2D eigenvalue weighted by molar-refractivity contribution is -0.123. The van der Waals surface area contributed by atoms with E-state index in [2.05, 4.69) is 41.9 Å². The van der Waals surface area contributed by atoms with Gasteiger partial charge in [-0.05, 0) is 83.3 Å². The van der Waals surface area contributed by atoms with Crippen molar-refractivity contribution >= 4 is 44.9 Å². The maximum absolute atomic E-state index is 12.9. The minimum Gasteiger partial charge on any atom is -0.491 e. The Bertz CT molecular complexity index is 1270. The van der Waals surface area contributed by atoms with E-state index in [1.807, 2.05) is 61.5 Å². The zero-order valence-corrected chi connectivity index (χ0v) is 22.9. The first kappa shape index (κ1) is 26.0. The van der Waals surface area contributed by atoms with Crippen molar-refractivity contribution in [2.75, 3.05) is 13.2 Å². The average molecular weight is 567 g/mol. The van der Waals surface area contributed by atoms with Crippen molar-refractivity contribution in [1.82, 2.24) is 4.90 Å². The third kappa shape index (κ3) is 6.59. The second-order valence-corrected chi connectivity index (χ2v) is 10.8. The first-order valence-electron chi connectivity index (χ1n) is 11.8. The summed E-state index contributed by atoms with van der Waals surface area (Å²) in [4.78, 5) is 27.0. The van der Waals surface area contributed by atoms with E-state index in [-0.39, 0.29) is 24.3 Å². The van der Waals surface area contributed by atoms with E-state index in [1.165, 1.54) is 4.90 Å². The van der Waals surface area contributed by atoms with Gasteiger partial charge in [-0.25, -0.2) is 0 Å². The molecule has 1 aliphatic rings. The Morgan fingerprint density at radius 2 is 1.69 bits per heavy atom. The number of halogens is 1. The van der Waals surface area contributed by atoms with Gasteiger partial charge >= 0.3 is 0 Å². The number of rotatable bonds is 9.